The van der Waals surface area contributed by atoms with Crippen molar-refractivity contribution in [3.63, 3.8) is 0 Å². The van der Waals surface area contributed by atoms with Crippen molar-refractivity contribution in [2.45, 2.75) is 38.5 Å². The molecule has 2 aliphatic rings. The van der Waals surface area contributed by atoms with Gasteiger partial charge in [0, 0.05) is 25.2 Å². The van der Waals surface area contributed by atoms with E-state index in [9.17, 15) is 4.39 Å². The van der Waals surface area contributed by atoms with Crippen molar-refractivity contribution in [1.29, 1.82) is 0 Å². The molecule has 1 aromatic heterocycles. The molecule has 0 unspecified atom stereocenters. The first-order valence-electron chi connectivity index (χ1n) is 10.0. The minimum absolute atomic E-state index is 0.174. The van der Waals surface area contributed by atoms with Gasteiger partial charge in [-0.25, -0.2) is 4.39 Å². The van der Waals surface area contributed by atoms with E-state index in [1.165, 1.54) is 6.07 Å². The van der Waals surface area contributed by atoms with Gasteiger partial charge in [0.15, 0.2) is 5.82 Å². The molecule has 0 radical (unpaired) electrons. The number of halogens is 1. The highest BCUT2D eigenvalue weighted by atomic mass is 19.1. The molecule has 3 heterocycles. The second kappa shape index (κ2) is 7.45. The van der Waals surface area contributed by atoms with Crippen molar-refractivity contribution < 1.29 is 4.39 Å². The van der Waals surface area contributed by atoms with E-state index in [2.05, 4.69) is 31.0 Å². The third kappa shape index (κ3) is 3.12. The summed E-state index contributed by atoms with van der Waals surface area (Å²) < 4.78 is 16.7. The molecule has 0 spiro atoms. The maximum atomic E-state index is 14.4. The van der Waals surface area contributed by atoms with Crippen LogP contribution in [0, 0.1) is 5.82 Å². The molecule has 0 saturated carbocycles. The van der Waals surface area contributed by atoms with Crippen LogP contribution in [-0.2, 0) is 19.6 Å². The molecule has 28 heavy (non-hydrogen) atoms. The van der Waals surface area contributed by atoms with E-state index in [1.54, 1.807) is 6.07 Å². The van der Waals surface area contributed by atoms with Crippen LogP contribution in [0.2, 0.25) is 0 Å². The Labute approximate surface area is 164 Å². The zero-order chi connectivity index (χ0) is 18.9. The molecule has 2 aliphatic heterocycles. The lowest BCUT2D eigenvalue weighted by atomic mass is 9.98. The van der Waals surface area contributed by atoms with E-state index in [4.69, 9.17) is 0 Å². The minimum atomic E-state index is -0.174. The molecule has 0 amide bonds. The van der Waals surface area contributed by atoms with Gasteiger partial charge in [0.05, 0.1) is 12.6 Å². The van der Waals surface area contributed by atoms with Crippen molar-refractivity contribution in [3.8, 4) is 11.1 Å². The molecule has 1 atom stereocenters. The van der Waals surface area contributed by atoms with E-state index in [0.717, 1.165) is 68.3 Å². The Hall–Kier alpha value is -2.57. The molecule has 2 aromatic carbocycles. The Morgan fingerprint density at radius 1 is 1.00 bits per heavy atom. The number of nitrogens with one attached hydrogen (secondary N) is 1. The van der Waals surface area contributed by atoms with Crippen molar-refractivity contribution in [1.82, 2.24) is 25.0 Å². The monoisotopic (exact) mass is 377 g/mol. The predicted molar refractivity (Wildman–Crippen MR) is 106 cm³/mol. The summed E-state index contributed by atoms with van der Waals surface area (Å²) >= 11 is 0. The Bertz CT molecular complexity index is 983. The van der Waals surface area contributed by atoms with Gasteiger partial charge in [0.25, 0.3) is 0 Å². The zero-order valence-electron chi connectivity index (χ0n) is 15.8. The lowest BCUT2D eigenvalue weighted by Gasteiger charge is -2.26. The van der Waals surface area contributed by atoms with E-state index in [-0.39, 0.29) is 11.9 Å². The lowest BCUT2D eigenvalue weighted by molar-refractivity contribution is 0.233. The standard InChI is InChI=1S/C22H24FN5/c23-19-9-4-3-8-18(19)17-7-2-1-6-16(17)15-27-12-5-10-20(27)22-26-25-21-14-24-11-13-28(21)22/h1-4,6-9,20,24H,5,10-15H2/t20-/m0/s1. The molecule has 3 aromatic rings. The summed E-state index contributed by atoms with van der Waals surface area (Å²) in [5, 5.41) is 12.3. The first-order chi connectivity index (χ1) is 13.8. The molecule has 5 nitrogen and oxygen atoms in total. The maximum Gasteiger partial charge on any atom is 0.150 e. The van der Waals surface area contributed by atoms with Gasteiger partial charge in [0.2, 0.25) is 0 Å². The molecule has 144 valence electrons. The van der Waals surface area contributed by atoms with Crippen molar-refractivity contribution in [3.05, 3.63) is 71.6 Å². The topological polar surface area (TPSA) is 46.0 Å². The van der Waals surface area contributed by atoms with Gasteiger partial charge in [-0.15, -0.1) is 10.2 Å². The molecule has 1 N–H and O–H groups in total. The summed E-state index contributed by atoms with van der Waals surface area (Å²) in [5.74, 6) is 1.93. The third-order valence-electron chi connectivity index (χ3n) is 5.87. The second-order valence-corrected chi connectivity index (χ2v) is 7.57. The number of benzene rings is 2. The molecule has 0 aliphatic carbocycles. The van der Waals surface area contributed by atoms with Crippen LogP contribution in [0.15, 0.2) is 48.5 Å². The fourth-order valence-electron chi connectivity index (χ4n) is 4.49. The Balaban J connectivity index is 1.45. The third-order valence-corrected chi connectivity index (χ3v) is 5.87. The summed E-state index contributed by atoms with van der Waals surface area (Å²) in [7, 11) is 0. The van der Waals surface area contributed by atoms with Gasteiger partial charge in [-0.3, -0.25) is 4.90 Å². The average molecular weight is 377 g/mol. The minimum Gasteiger partial charge on any atom is -0.311 e. The van der Waals surface area contributed by atoms with Crippen molar-refractivity contribution in [2.75, 3.05) is 13.1 Å². The fraction of sp³-hybridized carbons (Fsp3) is 0.364. The normalized spacial score (nSPS) is 19.7. The van der Waals surface area contributed by atoms with Crippen LogP contribution in [0.3, 0.4) is 0 Å². The zero-order valence-corrected chi connectivity index (χ0v) is 15.8. The van der Waals surface area contributed by atoms with E-state index in [0.29, 0.717) is 5.56 Å². The van der Waals surface area contributed by atoms with Crippen LogP contribution in [0.5, 0.6) is 0 Å². The lowest BCUT2D eigenvalue weighted by Crippen LogP contribution is -2.31. The number of aromatic nitrogens is 3. The largest absolute Gasteiger partial charge is 0.311 e. The molecular formula is C22H24FN5. The van der Waals surface area contributed by atoms with E-state index in [1.807, 2.05) is 30.3 Å². The van der Waals surface area contributed by atoms with Gasteiger partial charge in [-0.2, -0.15) is 0 Å². The average Bonchev–Trinajstić information content (AvgIpc) is 3.35. The van der Waals surface area contributed by atoms with Crippen LogP contribution in [0.1, 0.15) is 36.1 Å². The summed E-state index contributed by atoms with van der Waals surface area (Å²) in [6, 6.07) is 15.4. The Kier molecular flexibility index (Phi) is 4.66. The number of hydrogen-bond acceptors (Lipinski definition) is 4. The number of rotatable bonds is 4. The molecular weight excluding hydrogens is 353 g/mol. The van der Waals surface area contributed by atoms with Crippen LogP contribution in [-0.4, -0.2) is 32.8 Å². The Morgan fingerprint density at radius 3 is 2.71 bits per heavy atom. The van der Waals surface area contributed by atoms with Crippen LogP contribution in [0.25, 0.3) is 11.1 Å². The van der Waals surface area contributed by atoms with Gasteiger partial charge in [0.1, 0.15) is 11.6 Å². The van der Waals surface area contributed by atoms with Gasteiger partial charge < -0.3 is 9.88 Å². The first-order valence-corrected chi connectivity index (χ1v) is 10.0. The van der Waals surface area contributed by atoms with Gasteiger partial charge in [-0.05, 0) is 36.6 Å². The maximum absolute atomic E-state index is 14.4. The summed E-state index contributed by atoms with van der Waals surface area (Å²) in [4.78, 5) is 2.47. The number of likely N-dealkylation sites (tertiary alicyclic amines) is 1. The highest BCUT2D eigenvalue weighted by molar-refractivity contribution is 5.67. The van der Waals surface area contributed by atoms with Crippen molar-refractivity contribution in [2.24, 2.45) is 0 Å². The molecule has 6 heteroatoms. The predicted octanol–water partition coefficient (Wildman–Crippen LogP) is 3.52. The first kappa shape index (κ1) is 17.5. The highest BCUT2D eigenvalue weighted by Gasteiger charge is 2.32. The van der Waals surface area contributed by atoms with Crippen molar-refractivity contribution >= 4 is 0 Å². The number of nitrogens with zero attached hydrogens (tertiary/aromatic N) is 4. The second-order valence-electron chi connectivity index (χ2n) is 7.57. The summed E-state index contributed by atoms with van der Waals surface area (Å²) in [6.45, 7) is 4.48. The van der Waals surface area contributed by atoms with Gasteiger partial charge in [-0.1, -0.05) is 42.5 Å². The molecule has 5 rings (SSSR count). The van der Waals surface area contributed by atoms with Gasteiger partial charge >= 0.3 is 0 Å². The quantitative estimate of drug-likeness (QED) is 0.756. The highest BCUT2D eigenvalue weighted by Crippen LogP contribution is 2.35. The van der Waals surface area contributed by atoms with Crippen LogP contribution < -0.4 is 5.32 Å². The number of hydrogen-bond donors (Lipinski definition) is 1. The van der Waals surface area contributed by atoms with E-state index < -0.39 is 0 Å². The Morgan fingerprint density at radius 2 is 1.82 bits per heavy atom. The smallest absolute Gasteiger partial charge is 0.150 e. The summed E-state index contributed by atoms with van der Waals surface area (Å²) in [6.07, 6.45) is 2.24. The fourth-order valence-corrected chi connectivity index (χ4v) is 4.49. The molecule has 1 fully saturated rings. The van der Waals surface area contributed by atoms with Crippen LogP contribution >= 0.6 is 0 Å². The molecule has 0 bridgehead atoms. The van der Waals surface area contributed by atoms with E-state index >= 15 is 0 Å². The SMILES string of the molecule is Fc1ccccc1-c1ccccc1CN1CCC[C@H]1c1nnc2n1CCNC2. The number of fused-ring (bicyclic) bond motifs is 1. The summed E-state index contributed by atoms with van der Waals surface area (Å²) in [5.41, 5.74) is 2.79. The molecule has 1 saturated heterocycles. The van der Waals surface area contributed by atoms with Crippen LogP contribution in [0.4, 0.5) is 4.39 Å².